The topological polar surface area (TPSA) is 87.1 Å². The van der Waals surface area contributed by atoms with Gasteiger partial charge < -0.3 is 25.6 Å². The van der Waals surface area contributed by atoms with Crippen LogP contribution in [0.4, 0.5) is 11.5 Å². The van der Waals surface area contributed by atoms with Gasteiger partial charge in [-0.2, -0.15) is 0 Å². The summed E-state index contributed by atoms with van der Waals surface area (Å²) in [6, 6.07) is 17.1. The Morgan fingerprint density at radius 2 is 2.03 bits per heavy atom. The zero-order valence-corrected chi connectivity index (χ0v) is 18.9. The van der Waals surface area contributed by atoms with Crippen molar-refractivity contribution in [3.8, 4) is 17.0 Å². The standard InChI is InChI=1S/C27H28N4O2/c1-3-8-21(28)18-9-7-10-19(15-18)23-16-20-13-14-29-24(17-32)26(20)27(31-23)30-22-11-5-6-12-25(22)33-4-2/h5-7,9-17,24,28-29H,3-4,8H2,1-2H3,(H,30,31). The van der Waals surface area contributed by atoms with Gasteiger partial charge in [-0.15, -0.1) is 0 Å². The Labute approximate surface area is 194 Å². The summed E-state index contributed by atoms with van der Waals surface area (Å²) in [7, 11) is 0. The number of ether oxygens (including phenoxy) is 1. The number of aromatic nitrogens is 1. The van der Waals surface area contributed by atoms with Crippen molar-refractivity contribution in [3.63, 3.8) is 0 Å². The number of aldehydes is 1. The Kier molecular flexibility index (Phi) is 6.83. The van der Waals surface area contributed by atoms with Gasteiger partial charge in [0.05, 0.1) is 18.0 Å². The van der Waals surface area contributed by atoms with Crippen LogP contribution < -0.4 is 15.4 Å². The smallest absolute Gasteiger partial charge is 0.146 e. The van der Waals surface area contributed by atoms with Crippen molar-refractivity contribution in [2.24, 2.45) is 0 Å². The van der Waals surface area contributed by atoms with Crippen molar-refractivity contribution >= 4 is 29.6 Å². The molecule has 33 heavy (non-hydrogen) atoms. The second-order valence-corrected chi connectivity index (χ2v) is 7.84. The predicted molar refractivity (Wildman–Crippen MR) is 133 cm³/mol. The third-order valence-corrected chi connectivity index (χ3v) is 5.52. The van der Waals surface area contributed by atoms with Crippen LogP contribution in [-0.4, -0.2) is 23.6 Å². The highest BCUT2D eigenvalue weighted by molar-refractivity contribution is 5.99. The quantitative estimate of drug-likeness (QED) is 0.286. The van der Waals surface area contributed by atoms with Crippen molar-refractivity contribution in [3.05, 3.63) is 77.5 Å². The summed E-state index contributed by atoms with van der Waals surface area (Å²) < 4.78 is 5.77. The molecule has 1 aliphatic heterocycles. The summed E-state index contributed by atoms with van der Waals surface area (Å²) in [5, 5.41) is 14.8. The molecule has 1 aliphatic rings. The van der Waals surface area contributed by atoms with Crippen molar-refractivity contribution in [2.75, 3.05) is 11.9 Å². The Balaban J connectivity index is 1.82. The molecule has 2 aromatic carbocycles. The van der Waals surface area contributed by atoms with E-state index in [1.54, 1.807) is 6.20 Å². The van der Waals surface area contributed by atoms with Crippen LogP contribution in [0.2, 0.25) is 0 Å². The van der Waals surface area contributed by atoms with Crippen LogP contribution in [0.5, 0.6) is 5.75 Å². The second-order valence-electron chi connectivity index (χ2n) is 7.84. The number of para-hydroxylation sites is 2. The van der Waals surface area contributed by atoms with E-state index in [0.717, 1.165) is 58.5 Å². The largest absolute Gasteiger partial charge is 0.492 e. The van der Waals surface area contributed by atoms with E-state index in [2.05, 4.69) is 17.6 Å². The number of hydrogen-bond acceptors (Lipinski definition) is 6. The van der Waals surface area contributed by atoms with Gasteiger partial charge in [0, 0.05) is 16.8 Å². The molecule has 6 heteroatoms. The molecule has 3 aromatic rings. The lowest BCUT2D eigenvalue weighted by atomic mass is 9.96. The maximum absolute atomic E-state index is 11.8. The molecule has 0 bridgehead atoms. The maximum Gasteiger partial charge on any atom is 0.146 e. The average molecular weight is 441 g/mol. The summed E-state index contributed by atoms with van der Waals surface area (Å²) in [4.78, 5) is 16.8. The lowest BCUT2D eigenvalue weighted by Gasteiger charge is -2.24. The monoisotopic (exact) mass is 440 g/mol. The Hall–Kier alpha value is -3.93. The fourth-order valence-electron chi connectivity index (χ4n) is 3.95. The van der Waals surface area contributed by atoms with Crippen molar-refractivity contribution in [2.45, 2.75) is 32.7 Å². The normalized spacial score (nSPS) is 14.2. The van der Waals surface area contributed by atoms with Crippen LogP contribution in [0.15, 0.2) is 60.8 Å². The molecule has 3 N–H and O–H groups in total. The van der Waals surface area contributed by atoms with Gasteiger partial charge in [-0.3, -0.25) is 0 Å². The van der Waals surface area contributed by atoms with E-state index in [9.17, 15) is 4.79 Å². The molecule has 4 rings (SSSR count). The molecule has 0 spiro atoms. The summed E-state index contributed by atoms with van der Waals surface area (Å²) >= 11 is 0. The zero-order chi connectivity index (χ0) is 23.2. The van der Waals surface area contributed by atoms with Crippen LogP contribution >= 0.6 is 0 Å². The van der Waals surface area contributed by atoms with Gasteiger partial charge >= 0.3 is 0 Å². The van der Waals surface area contributed by atoms with Crippen molar-refractivity contribution < 1.29 is 9.53 Å². The van der Waals surface area contributed by atoms with E-state index in [1.807, 2.05) is 67.6 Å². The van der Waals surface area contributed by atoms with Gasteiger partial charge in [-0.1, -0.05) is 43.7 Å². The molecule has 1 aromatic heterocycles. The molecule has 2 heterocycles. The Bertz CT molecular complexity index is 1200. The third kappa shape index (κ3) is 4.80. The molecule has 0 saturated carbocycles. The lowest BCUT2D eigenvalue weighted by Crippen LogP contribution is -2.23. The Morgan fingerprint density at radius 3 is 2.82 bits per heavy atom. The number of nitrogens with zero attached hydrogens (tertiary/aromatic N) is 1. The van der Waals surface area contributed by atoms with Crippen molar-refractivity contribution in [1.82, 2.24) is 10.3 Å². The van der Waals surface area contributed by atoms with E-state index in [4.69, 9.17) is 15.1 Å². The average Bonchev–Trinajstić information content (AvgIpc) is 2.85. The second kappa shape index (κ2) is 10.1. The molecule has 0 saturated heterocycles. The summed E-state index contributed by atoms with van der Waals surface area (Å²) in [5.74, 6) is 1.32. The minimum Gasteiger partial charge on any atom is -0.492 e. The zero-order valence-electron chi connectivity index (χ0n) is 18.9. The van der Waals surface area contributed by atoms with Gasteiger partial charge in [0.25, 0.3) is 0 Å². The number of fused-ring (bicyclic) bond motifs is 1. The highest BCUT2D eigenvalue weighted by Crippen LogP contribution is 2.36. The Morgan fingerprint density at radius 1 is 1.18 bits per heavy atom. The van der Waals surface area contributed by atoms with Crippen LogP contribution in [0.3, 0.4) is 0 Å². The number of benzene rings is 2. The number of nitrogens with one attached hydrogen (secondary N) is 3. The molecular formula is C27H28N4O2. The van der Waals surface area contributed by atoms with E-state index in [-0.39, 0.29) is 0 Å². The highest BCUT2D eigenvalue weighted by atomic mass is 16.5. The third-order valence-electron chi connectivity index (χ3n) is 5.52. The molecule has 0 amide bonds. The van der Waals surface area contributed by atoms with Crippen LogP contribution in [0.1, 0.15) is 49.4 Å². The van der Waals surface area contributed by atoms with Gasteiger partial charge in [-0.25, -0.2) is 4.98 Å². The maximum atomic E-state index is 11.8. The molecular weight excluding hydrogens is 412 g/mol. The molecule has 0 radical (unpaired) electrons. The van der Waals surface area contributed by atoms with Gasteiger partial charge in [0.2, 0.25) is 0 Å². The number of pyridine rings is 1. The summed E-state index contributed by atoms with van der Waals surface area (Å²) in [5.41, 5.74) is 5.70. The van der Waals surface area contributed by atoms with E-state index in [1.165, 1.54) is 0 Å². The van der Waals surface area contributed by atoms with Gasteiger partial charge in [0.15, 0.2) is 0 Å². The lowest BCUT2D eigenvalue weighted by molar-refractivity contribution is -0.109. The molecule has 1 unspecified atom stereocenters. The highest BCUT2D eigenvalue weighted by Gasteiger charge is 2.23. The fraction of sp³-hybridized carbons (Fsp3) is 0.222. The minimum atomic E-state index is -0.502. The summed E-state index contributed by atoms with van der Waals surface area (Å²) in [6.07, 6.45) is 6.28. The van der Waals surface area contributed by atoms with Gasteiger partial charge in [-0.05, 0) is 61.0 Å². The molecule has 168 valence electrons. The van der Waals surface area contributed by atoms with Crippen LogP contribution in [0, 0.1) is 5.41 Å². The first-order chi connectivity index (χ1) is 16.1. The number of hydrogen-bond donors (Lipinski definition) is 3. The molecule has 0 fully saturated rings. The van der Waals surface area contributed by atoms with Gasteiger partial charge in [0.1, 0.15) is 23.9 Å². The first kappa shape index (κ1) is 22.3. The molecule has 0 aliphatic carbocycles. The first-order valence-corrected chi connectivity index (χ1v) is 11.2. The number of rotatable bonds is 9. The number of anilines is 2. The molecule has 1 atom stereocenters. The summed E-state index contributed by atoms with van der Waals surface area (Å²) in [6.45, 7) is 4.56. The van der Waals surface area contributed by atoms with E-state index in [0.29, 0.717) is 18.1 Å². The van der Waals surface area contributed by atoms with Crippen LogP contribution in [0.25, 0.3) is 17.3 Å². The minimum absolute atomic E-state index is 0.502. The predicted octanol–water partition coefficient (Wildman–Crippen LogP) is 5.87. The van der Waals surface area contributed by atoms with E-state index >= 15 is 0 Å². The number of carbonyl (C=O) groups excluding carboxylic acids is 1. The molecule has 6 nitrogen and oxygen atoms in total. The van der Waals surface area contributed by atoms with Crippen molar-refractivity contribution in [1.29, 1.82) is 5.41 Å². The first-order valence-electron chi connectivity index (χ1n) is 11.2. The van der Waals surface area contributed by atoms with Crippen LogP contribution in [-0.2, 0) is 4.79 Å². The van der Waals surface area contributed by atoms with E-state index < -0.39 is 6.04 Å². The fourth-order valence-corrected chi connectivity index (χ4v) is 3.95. The number of carbonyl (C=O) groups is 1. The SMILES string of the molecule is CCCC(=N)c1cccc(-c2cc3c(c(Nc4ccccc4OCC)n2)C(C=O)NC=C3)c1.